The Bertz CT molecular complexity index is 1480. The zero-order valence-electron chi connectivity index (χ0n) is 18.2. The molecule has 0 saturated carbocycles. The van der Waals surface area contributed by atoms with Crippen LogP contribution in [0.25, 0.3) is 21.5 Å². The minimum absolute atomic E-state index is 0.0307. The van der Waals surface area contributed by atoms with Gasteiger partial charge in [0.25, 0.3) is 5.56 Å². The third kappa shape index (κ3) is 2.92. The van der Waals surface area contributed by atoms with E-state index in [4.69, 9.17) is 9.47 Å². The van der Waals surface area contributed by atoms with Gasteiger partial charge in [0.05, 0.1) is 31.7 Å². The lowest BCUT2D eigenvalue weighted by atomic mass is 9.92. The summed E-state index contributed by atoms with van der Waals surface area (Å²) in [6.45, 7) is 4.55. The van der Waals surface area contributed by atoms with Gasteiger partial charge >= 0.3 is 0 Å². The number of nitrogens with zero attached hydrogens (tertiary/aromatic N) is 2. The number of fused-ring (bicyclic) bond motifs is 4. The highest BCUT2D eigenvalue weighted by molar-refractivity contribution is 7.18. The average molecular weight is 447 g/mol. The quantitative estimate of drug-likeness (QED) is 0.398. The van der Waals surface area contributed by atoms with E-state index in [1.54, 1.807) is 43.8 Å². The summed E-state index contributed by atoms with van der Waals surface area (Å²) in [7, 11) is 3.12. The van der Waals surface area contributed by atoms with E-state index in [2.05, 4.69) is 4.98 Å². The van der Waals surface area contributed by atoms with Crippen LogP contribution < -0.4 is 15.0 Å². The Hall–Kier alpha value is -3.58. The fourth-order valence-corrected chi connectivity index (χ4v) is 5.40. The number of aliphatic hydroxyl groups is 1. The summed E-state index contributed by atoms with van der Waals surface area (Å²) < 4.78 is 12.8. The molecule has 0 saturated heterocycles. The second-order valence-corrected chi connectivity index (χ2v) is 8.94. The number of methoxy groups -OCH3 is 2. The normalized spacial score (nSPS) is 14.1. The molecule has 0 radical (unpaired) electrons. The molecule has 3 heterocycles. The summed E-state index contributed by atoms with van der Waals surface area (Å²) >= 11 is 1.58. The van der Waals surface area contributed by atoms with E-state index >= 15 is 0 Å². The Balaban J connectivity index is 1.86. The fourth-order valence-electron chi connectivity index (χ4n) is 4.25. The Kier molecular flexibility index (Phi) is 4.78. The van der Waals surface area contributed by atoms with Gasteiger partial charge in [0.1, 0.15) is 16.4 Å². The van der Waals surface area contributed by atoms with Crippen molar-refractivity contribution in [1.82, 2.24) is 9.55 Å². The molecule has 7 heteroatoms. The van der Waals surface area contributed by atoms with E-state index in [-0.39, 0.29) is 11.3 Å². The van der Waals surface area contributed by atoms with Crippen LogP contribution in [-0.2, 0) is 6.54 Å². The molecule has 0 amide bonds. The lowest BCUT2D eigenvalue weighted by Gasteiger charge is -2.25. The molecule has 0 unspecified atom stereocenters. The highest BCUT2D eigenvalue weighted by Crippen LogP contribution is 2.40. The fraction of sp³-hybridized carbons (Fsp3) is 0.200. The standard InChI is InChI=1S/C25H22N2O4S/c1-13-14(2)32-25-20(13)24(29)26-23-21(17-8-6-5-7-16(17)12-27(23)25)22(28)15-9-10-18(30-3)19(11-15)31-4/h5-11,28H,12H2,1-4H3/b22-21-. The van der Waals surface area contributed by atoms with Gasteiger partial charge in [-0.15, -0.1) is 11.3 Å². The Morgan fingerprint density at radius 2 is 1.84 bits per heavy atom. The van der Waals surface area contributed by atoms with Gasteiger partial charge in [-0.3, -0.25) is 4.79 Å². The Morgan fingerprint density at radius 1 is 1.09 bits per heavy atom. The van der Waals surface area contributed by atoms with Crippen molar-refractivity contribution in [3.8, 4) is 11.5 Å². The largest absolute Gasteiger partial charge is 0.507 e. The highest BCUT2D eigenvalue weighted by Gasteiger charge is 2.28. The number of hydrogen-bond donors (Lipinski definition) is 1. The molecule has 0 fully saturated rings. The van der Waals surface area contributed by atoms with Crippen molar-refractivity contribution in [1.29, 1.82) is 0 Å². The van der Waals surface area contributed by atoms with E-state index < -0.39 is 0 Å². The van der Waals surface area contributed by atoms with Crippen LogP contribution in [0.3, 0.4) is 0 Å². The summed E-state index contributed by atoms with van der Waals surface area (Å²) in [5, 5.41) is 12.1. The molecule has 0 bridgehead atoms. The molecule has 4 aromatic rings. The maximum atomic E-state index is 13.0. The topological polar surface area (TPSA) is 73.6 Å². The van der Waals surface area contributed by atoms with Crippen molar-refractivity contribution in [3.63, 3.8) is 0 Å². The van der Waals surface area contributed by atoms with Crippen LogP contribution in [0, 0.1) is 13.8 Å². The van der Waals surface area contributed by atoms with Gasteiger partial charge in [-0.1, -0.05) is 24.3 Å². The maximum Gasteiger partial charge on any atom is 0.282 e. The van der Waals surface area contributed by atoms with Gasteiger partial charge in [-0.05, 0) is 48.7 Å². The summed E-state index contributed by atoms with van der Waals surface area (Å²) in [6.07, 6.45) is 0. The van der Waals surface area contributed by atoms with Crippen LogP contribution in [-0.4, -0.2) is 28.9 Å². The van der Waals surface area contributed by atoms with E-state index in [0.29, 0.717) is 40.4 Å². The van der Waals surface area contributed by atoms with Gasteiger partial charge in [0.2, 0.25) is 0 Å². The van der Waals surface area contributed by atoms with Crippen molar-refractivity contribution < 1.29 is 14.6 Å². The van der Waals surface area contributed by atoms with Crippen molar-refractivity contribution in [2.24, 2.45) is 0 Å². The minimum atomic E-state index is -0.273. The summed E-state index contributed by atoms with van der Waals surface area (Å²) in [6, 6.07) is 13.1. The van der Waals surface area contributed by atoms with Gasteiger partial charge < -0.3 is 19.1 Å². The molecule has 1 aliphatic rings. The molecule has 1 aliphatic heterocycles. The number of aliphatic hydroxyl groups excluding tert-OH is 1. The Labute approximate surface area is 189 Å². The molecule has 0 spiro atoms. The molecule has 5 rings (SSSR count). The van der Waals surface area contributed by atoms with Gasteiger partial charge in [0, 0.05) is 10.4 Å². The number of thiophene rings is 1. The van der Waals surface area contributed by atoms with Crippen LogP contribution >= 0.6 is 11.3 Å². The SMILES string of the molecule is COc1ccc(/C(O)=C2\c3ccccc3Cn3c2nc(=O)c2c(C)c(C)sc23)cc1OC. The van der Waals surface area contributed by atoms with Crippen molar-refractivity contribution in [2.45, 2.75) is 20.4 Å². The van der Waals surface area contributed by atoms with E-state index in [0.717, 1.165) is 26.4 Å². The number of hydrogen-bond acceptors (Lipinski definition) is 6. The molecule has 32 heavy (non-hydrogen) atoms. The molecule has 1 N–H and O–H groups in total. The van der Waals surface area contributed by atoms with Gasteiger partial charge in [0.15, 0.2) is 11.5 Å². The number of aryl methyl sites for hydroxylation is 2. The second kappa shape index (κ2) is 7.53. The van der Waals surface area contributed by atoms with Crippen LogP contribution in [0.4, 0.5) is 0 Å². The summed E-state index contributed by atoms with van der Waals surface area (Å²) in [4.78, 5) is 19.5. The first-order valence-electron chi connectivity index (χ1n) is 10.2. The maximum absolute atomic E-state index is 13.0. The monoisotopic (exact) mass is 446 g/mol. The molecular weight excluding hydrogens is 424 g/mol. The average Bonchev–Trinajstić information content (AvgIpc) is 3.12. The number of aromatic nitrogens is 2. The molecule has 0 aliphatic carbocycles. The van der Waals surface area contributed by atoms with Crippen LogP contribution in [0.5, 0.6) is 11.5 Å². The predicted molar refractivity (Wildman–Crippen MR) is 127 cm³/mol. The molecule has 0 atom stereocenters. The lowest BCUT2D eigenvalue weighted by Crippen LogP contribution is -2.23. The molecule has 2 aromatic heterocycles. The number of rotatable bonds is 3. The third-order valence-electron chi connectivity index (χ3n) is 6.02. The van der Waals surface area contributed by atoms with Gasteiger partial charge in [-0.2, -0.15) is 4.98 Å². The lowest BCUT2D eigenvalue weighted by molar-refractivity contribution is 0.354. The van der Waals surface area contributed by atoms with E-state index in [9.17, 15) is 9.90 Å². The predicted octanol–water partition coefficient (Wildman–Crippen LogP) is 4.93. The van der Waals surface area contributed by atoms with Crippen molar-refractivity contribution in [2.75, 3.05) is 14.2 Å². The number of benzene rings is 2. The van der Waals surface area contributed by atoms with Crippen molar-refractivity contribution >= 4 is 32.9 Å². The summed E-state index contributed by atoms with van der Waals surface area (Å²) in [5.74, 6) is 1.57. The van der Waals surface area contributed by atoms with E-state index in [1.807, 2.05) is 42.7 Å². The zero-order chi connectivity index (χ0) is 22.6. The first kappa shape index (κ1) is 20.3. The van der Waals surface area contributed by atoms with Crippen LogP contribution in [0.15, 0.2) is 47.3 Å². The van der Waals surface area contributed by atoms with Crippen LogP contribution in [0.2, 0.25) is 0 Å². The number of ether oxygens (including phenoxy) is 2. The smallest absolute Gasteiger partial charge is 0.282 e. The summed E-state index contributed by atoms with van der Waals surface area (Å²) in [5.41, 5.74) is 3.68. The molecule has 2 aromatic carbocycles. The molecule has 6 nitrogen and oxygen atoms in total. The van der Waals surface area contributed by atoms with Crippen molar-refractivity contribution in [3.05, 3.63) is 85.8 Å². The van der Waals surface area contributed by atoms with E-state index in [1.165, 1.54) is 0 Å². The first-order chi connectivity index (χ1) is 15.4. The second-order valence-electron chi connectivity index (χ2n) is 7.74. The van der Waals surface area contributed by atoms with Gasteiger partial charge in [-0.25, -0.2) is 0 Å². The molecular formula is C25H22N2O4S. The zero-order valence-corrected chi connectivity index (χ0v) is 19.0. The molecule has 162 valence electrons. The van der Waals surface area contributed by atoms with Crippen LogP contribution in [0.1, 0.15) is 33.0 Å². The third-order valence-corrected chi connectivity index (χ3v) is 7.25. The highest BCUT2D eigenvalue weighted by atomic mass is 32.1. The first-order valence-corrected chi connectivity index (χ1v) is 11.0. The Morgan fingerprint density at radius 3 is 2.59 bits per heavy atom. The minimum Gasteiger partial charge on any atom is -0.507 e.